The van der Waals surface area contributed by atoms with Crippen LogP contribution < -0.4 is 5.32 Å². The van der Waals surface area contributed by atoms with Crippen LogP contribution in [0.2, 0.25) is 15.1 Å². The molecule has 4 nitrogen and oxygen atoms in total. The lowest BCUT2D eigenvalue weighted by Crippen LogP contribution is -2.28. The van der Waals surface area contributed by atoms with Crippen molar-refractivity contribution in [1.82, 2.24) is 5.32 Å². The van der Waals surface area contributed by atoms with E-state index in [9.17, 15) is 9.59 Å². The maximum absolute atomic E-state index is 12.4. The zero-order chi connectivity index (χ0) is 18.4. The van der Waals surface area contributed by atoms with Gasteiger partial charge in [-0.25, -0.2) is 4.79 Å². The summed E-state index contributed by atoms with van der Waals surface area (Å²) in [5.74, 6) is -1.18. The van der Waals surface area contributed by atoms with Gasteiger partial charge in [-0.1, -0.05) is 40.9 Å². The van der Waals surface area contributed by atoms with Crippen LogP contribution in [0.3, 0.4) is 0 Å². The second kappa shape index (κ2) is 8.90. The summed E-state index contributed by atoms with van der Waals surface area (Å²) < 4.78 is 4.98. The molecule has 0 saturated carbocycles. The van der Waals surface area contributed by atoms with Gasteiger partial charge in [-0.15, -0.1) is 0 Å². The number of carbonyl (C=O) groups is 2. The average Bonchev–Trinajstić information content (AvgIpc) is 2.58. The third-order valence-electron chi connectivity index (χ3n) is 3.14. The minimum atomic E-state index is -0.694. The number of halogens is 3. The fourth-order valence-corrected chi connectivity index (χ4v) is 2.58. The van der Waals surface area contributed by atoms with E-state index in [1.54, 1.807) is 49.4 Å². The molecular formula is C18H14Cl3NO3. The molecule has 0 fully saturated rings. The van der Waals surface area contributed by atoms with Gasteiger partial charge in [0, 0.05) is 26.2 Å². The van der Waals surface area contributed by atoms with Gasteiger partial charge in [0.1, 0.15) is 5.70 Å². The van der Waals surface area contributed by atoms with Crippen LogP contribution >= 0.6 is 34.8 Å². The van der Waals surface area contributed by atoms with Crippen molar-refractivity contribution >= 4 is 52.8 Å². The molecule has 0 spiro atoms. The highest BCUT2D eigenvalue weighted by Crippen LogP contribution is 2.26. The predicted molar refractivity (Wildman–Crippen MR) is 100.0 cm³/mol. The molecule has 1 amide bonds. The lowest BCUT2D eigenvalue weighted by molar-refractivity contribution is -0.138. The van der Waals surface area contributed by atoms with Crippen molar-refractivity contribution in [2.24, 2.45) is 0 Å². The van der Waals surface area contributed by atoms with E-state index < -0.39 is 11.9 Å². The molecule has 130 valence electrons. The third kappa shape index (κ3) is 5.23. The van der Waals surface area contributed by atoms with Crippen LogP contribution in [0.25, 0.3) is 6.08 Å². The zero-order valence-corrected chi connectivity index (χ0v) is 15.5. The summed E-state index contributed by atoms with van der Waals surface area (Å²) in [6, 6.07) is 11.2. The molecule has 0 heterocycles. The topological polar surface area (TPSA) is 55.4 Å². The number of hydrogen-bond donors (Lipinski definition) is 1. The lowest BCUT2D eigenvalue weighted by atomic mass is 10.1. The molecule has 25 heavy (non-hydrogen) atoms. The van der Waals surface area contributed by atoms with Gasteiger partial charge in [-0.2, -0.15) is 0 Å². The van der Waals surface area contributed by atoms with E-state index in [2.05, 4.69) is 5.32 Å². The molecule has 1 N–H and O–H groups in total. The van der Waals surface area contributed by atoms with E-state index in [1.807, 2.05) is 0 Å². The highest BCUT2D eigenvalue weighted by molar-refractivity contribution is 6.37. The van der Waals surface area contributed by atoms with Crippen LogP contribution in [0.5, 0.6) is 0 Å². The molecule has 7 heteroatoms. The van der Waals surface area contributed by atoms with Gasteiger partial charge in [0.2, 0.25) is 0 Å². The second-order valence-corrected chi connectivity index (χ2v) is 6.13. The summed E-state index contributed by atoms with van der Waals surface area (Å²) in [6.07, 6.45) is 1.39. The second-order valence-electron chi connectivity index (χ2n) is 4.87. The monoisotopic (exact) mass is 397 g/mol. The Morgan fingerprint density at radius 3 is 2.20 bits per heavy atom. The number of esters is 1. The summed E-state index contributed by atoms with van der Waals surface area (Å²) in [7, 11) is 0. The van der Waals surface area contributed by atoms with Crippen molar-refractivity contribution in [1.29, 1.82) is 0 Å². The fraction of sp³-hybridized carbons (Fsp3) is 0.111. The van der Waals surface area contributed by atoms with E-state index in [-0.39, 0.29) is 12.3 Å². The number of hydrogen-bond acceptors (Lipinski definition) is 3. The third-order valence-corrected chi connectivity index (χ3v) is 4.05. The van der Waals surface area contributed by atoms with Crippen LogP contribution in [0.4, 0.5) is 0 Å². The van der Waals surface area contributed by atoms with E-state index >= 15 is 0 Å². The van der Waals surface area contributed by atoms with Crippen LogP contribution in [0.15, 0.2) is 48.2 Å². The molecule has 0 bridgehead atoms. The van der Waals surface area contributed by atoms with Crippen molar-refractivity contribution in [2.75, 3.05) is 6.61 Å². The van der Waals surface area contributed by atoms with Crippen LogP contribution in [-0.2, 0) is 9.53 Å². The fourth-order valence-electron chi connectivity index (χ4n) is 1.94. The van der Waals surface area contributed by atoms with Crippen molar-refractivity contribution < 1.29 is 14.3 Å². The van der Waals surface area contributed by atoms with E-state index in [4.69, 9.17) is 39.5 Å². The van der Waals surface area contributed by atoms with Crippen LogP contribution in [-0.4, -0.2) is 18.5 Å². The van der Waals surface area contributed by atoms with Crippen LogP contribution in [0, 0.1) is 0 Å². The Morgan fingerprint density at radius 1 is 1.04 bits per heavy atom. The summed E-state index contributed by atoms with van der Waals surface area (Å²) in [5, 5.41) is 3.71. The Morgan fingerprint density at radius 2 is 1.64 bits per heavy atom. The van der Waals surface area contributed by atoms with Crippen LogP contribution in [0.1, 0.15) is 22.8 Å². The van der Waals surface area contributed by atoms with Gasteiger partial charge in [-0.05, 0) is 49.4 Å². The lowest BCUT2D eigenvalue weighted by Gasteiger charge is -2.11. The van der Waals surface area contributed by atoms with Gasteiger partial charge in [0.15, 0.2) is 0 Å². The first-order valence-electron chi connectivity index (χ1n) is 7.32. The first-order valence-corrected chi connectivity index (χ1v) is 8.45. The molecule has 0 saturated heterocycles. The molecule has 0 unspecified atom stereocenters. The Balaban J connectivity index is 2.36. The minimum Gasteiger partial charge on any atom is -0.461 e. The Labute approximate surface area is 160 Å². The molecule has 0 aliphatic carbocycles. The molecule has 0 radical (unpaired) electrons. The predicted octanol–water partition coefficient (Wildman–Crippen LogP) is 4.98. The molecule has 0 aromatic heterocycles. The Kier molecular flexibility index (Phi) is 6.88. The first-order chi connectivity index (χ1) is 11.9. The normalized spacial score (nSPS) is 11.1. The quantitative estimate of drug-likeness (QED) is 0.571. The maximum atomic E-state index is 12.4. The van der Waals surface area contributed by atoms with Gasteiger partial charge < -0.3 is 10.1 Å². The Bertz CT molecular complexity index is 797. The standard InChI is InChI=1S/C18H14Cl3NO3/c1-2-25-18(24)16(10-13-14(20)4-3-5-15(13)21)22-17(23)11-6-8-12(19)9-7-11/h3-10H,2H2,1H3,(H,22,23)/b16-10+. The molecule has 0 atom stereocenters. The molecular weight excluding hydrogens is 385 g/mol. The highest BCUT2D eigenvalue weighted by Gasteiger charge is 2.17. The maximum Gasteiger partial charge on any atom is 0.354 e. The number of nitrogens with one attached hydrogen (secondary N) is 1. The average molecular weight is 399 g/mol. The Hall–Kier alpha value is -2.01. The van der Waals surface area contributed by atoms with Gasteiger partial charge >= 0.3 is 5.97 Å². The first kappa shape index (κ1) is 19.3. The highest BCUT2D eigenvalue weighted by atomic mass is 35.5. The van der Waals surface area contributed by atoms with E-state index in [0.717, 1.165) is 0 Å². The molecule has 2 rings (SSSR count). The van der Waals surface area contributed by atoms with E-state index in [0.29, 0.717) is 26.2 Å². The number of carbonyl (C=O) groups excluding carboxylic acids is 2. The largest absolute Gasteiger partial charge is 0.461 e. The van der Waals surface area contributed by atoms with E-state index in [1.165, 1.54) is 6.08 Å². The summed E-state index contributed by atoms with van der Waals surface area (Å²) in [4.78, 5) is 24.5. The smallest absolute Gasteiger partial charge is 0.354 e. The molecule has 2 aromatic carbocycles. The van der Waals surface area contributed by atoms with Gasteiger partial charge in [0.05, 0.1) is 6.61 Å². The molecule has 2 aromatic rings. The van der Waals surface area contributed by atoms with Crippen molar-refractivity contribution in [3.8, 4) is 0 Å². The van der Waals surface area contributed by atoms with Gasteiger partial charge in [0.25, 0.3) is 5.91 Å². The van der Waals surface area contributed by atoms with Crippen molar-refractivity contribution in [3.63, 3.8) is 0 Å². The number of amides is 1. The molecule has 0 aliphatic rings. The summed E-state index contributed by atoms with van der Waals surface area (Å²) >= 11 is 18.0. The summed E-state index contributed by atoms with van der Waals surface area (Å²) in [5.41, 5.74) is 0.673. The molecule has 0 aliphatic heterocycles. The summed E-state index contributed by atoms with van der Waals surface area (Å²) in [6.45, 7) is 1.82. The van der Waals surface area contributed by atoms with Crippen molar-refractivity contribution in [2.45, 2.75) is 6.92 Å². The number of benzene rings is 2. The van der Waals surface area contributed by atoms with Crippen molar-refractivity contribution in [3.05, 3.63) is 74.4 Å². The zero-order valence-electron chi connectivity index (χ0n) is 13.2. The van der Waals surface area contributed by atoms with Gasteiger partial charge in [-0.3, -0.25) is 4.79 Å². The number of rotatable bonds is 5. The number of ether oxygens (including phenoxy) is 1. The SMILES string of the molecule is CCOC(=O)/C(=C\c1c(Cl)cccc1Cl)NC(=O)c1ccc(Cl)cc1. The minimum absolute atomic E-state index is 0.0724.